The lowest BCUT2D eigenvalue weighted by Crippen LogP contribution is -2.27. The number of aliphatic hydroxyl groups excluding tert-OH is 1. The molecule has 0 spiro atoms. The fourth-order valence-electron chi connectivity index (χ4n) is 5.57. The molecule has 2 bridgehead atoms. The van der Waals surface area contributed by atoms with Gasteiger partial charge in [0.15, 0.2) is 0 Å². The molecule has 4 nitrogen and oxygen atoms in total. The largest absolute Gasteiger partial charge is 0.391 e. The quantitative estimate of drug-likeness (QED) is 0.698. The van der Waals surface area contributed by atoms with Gasteiger partial charge in [-0.2, -0.15) is 0 Å². The first-order valence-electron chi connectivity index (χ1n) is 9.16. The molecule has 0 aromatic carbocycles. The van der Waals surface area contributed by atoms with Gasteiger partial charge in [0.2, 0.25) is 0 Å². The second-order valence-corrected chi connectivity index (χ2v) is 8.20. The summed E-state index contributed by atoms with van der Waals surface area (Å²) in [4.78, 5) is 0. The summed E-state index contributed by atoms with van der Waals surface area (Å²) in [6.07, 6.45) is 5.59. The highest BCUT2D eigenvalue weighted by molar-refractivity contribution is 5.04. The van der Waals surface area contributed by atoms with Gasteiger partial charge < -0.3 is 19.3 Å². The van der Waals surface area contributed by atoms with E-state index in [1.165, 1.54) is 25.7 Å². The molecule has 4 fully saturated rings. The predicted molar refractivity (Wildman–Crippen MR) is 82.5 cm³/mol. The van der Waals surface area contributed by atoms with Gasteiger partial charge in [-0.15, -0.1) is 0 Å². The first kappa shape index (κ1) is 15.4. The number of hydrogen-bond acceptors (Lipinski definition) is 4. The van der Waals surface area contributed by atoms with E-state index in [0.717, 1.165) is 61.9 Å². The van der Waals surface area contributed by atoms with E-state index in [4.69, 9.17) is 14.2 Å². The van der Waals surface area contributed by atoms with E-state index in [1.807, 2.05) is 0 Å². The lowest BCUT2D eigenvalue weighted by Gasteiger charge is -2.31. The Balaban J connectivity index is 1.23. The number of aliphatic hydroxyl groups is 1. The molecule has 4 aliphatic rings. The summed E-state index contributed by atoms with van der Waals surface area (Å²) >= 11 is 0. The molecule has 1 heterocycles. The van der Waals surface area contributed by atoms with Crippen LogP contribution in [0.3, 0.4) is 0 Å². The highest BCUT2D eigenvalue weighted by Crippen LogP contribution is 2.62. The van der Waals surface area contributed by atoms with Gasteiger partial charge in [0.25, 0.3) is 0 Å². The molecule has 0 aromatic heterocycles. The fraction of sp³-hybridized carbons (Fsp3) is 1.00. The summed E-state index contributed by atoms with van der Waals surface area (Å²) < 4.78 is 16.8. The normalized spacial score (nSPS) is 46.9. The van der Waals surface area contributed by atoms with E-state index < -0.39 is 0 Å². The Labute approximate surface area is 133 Å². The second-order valence-electron chi connectivity index (χ2n) is 8.20. The molecule has 4 heteroatoms. The van der Waals surface area contributed by atoms with Crippen LogP contribution in [0.25, 0.3) is 0 Å². The Morgan fingerprint density at radius 3 is 2.59 bits per heavy atom. The molecule has 4 rings (SSSR count). The molecule has 1 saturated heterocycles. The number of fused-ring (bicyclic) bond motifs is 5. The van der Waals surface area contributed by atoms with Crippen molar-refractivity contribution >= 4 is 0 Å². The predicted octanol–water partition coefficient (Wildman–Crippen LogP) is 2.10. The maximum absolute atomic E-state index is 9.29. The van der Waals surface area contributed by atoms with Crippen LogP contribution in [0.2, 0.25) is 0 Å². The van der Waals surface area contributed by atoms with Crippen LogP contribution in [-0.4, -0.2) is 50.3 Å². The van der Waals surface area contributed by atoms with Crippen LogP contribution in [0.1, 0.15) is 32.6 Å². The van der Waals surface area contributed by atoms with Crippen molar-refractivity contribution < 1.29 is 19.3 Å². The van der Waals surface area contributed by atoms with Gasteiger partial charge in [-0.25, -0.2) is 0 Å². The smallest absolute Gasteiger partial charge is 0.104 e. The molecular formula is C18H30O4. The van der Waals surface area contributed by atoms with Gasteiger partial charge in [0.05, 0.1) is 25.9 Å². The Morgan fingerprint density at radius 1 is 1.00 bits per heavy atom. The number of epoxide rings is 1. The number of hydrogen-bond donors (Lipinski definition) is 1. The van der Waals surface area contributed by atoms with Gasteiger partial charge in [-0.1, -0.05) is 0 Å². The molecule has 1 aliphatic heterocycles. The van der Waals surface area contributed by atoms with E-state index in [2.05, 4.69) is 0 Å². The molecule has 3 saturated carbocycles. The topological polar surface area (TPSA) is 51.2 Å². The minimum absolute atomic E-state index is 0.339. The highest BCUT2D eigenvalue weighted by atomic mass is 16.6. The van der Waals surface area contributed by atoms with Crippen LogP contribution in [0.4, 0.5) is 0 Å². The Bertz CT molecular complexity index is 381. The lowest BCUT2D eigenvalue weighted by molar-refractivity contribution is 0.0280. The van der Waals surface area contributed by atoms with Gasteiger partial charge in [0.1, 0.15) is 6.10 Å². The molecule has 0 aromatic rings. The van der Waals surface area contributed by atoms with Crippen LogP contribution in [0.5, 0.6) is 0 Å². The second kappa shape index (κ2) is 6.39. The third-order valence-corrected chi connectivity index (χ3v) is 6.45. The van der Waals surface area contributed by atoms with E-state index in [1.54, 1.807) is 6.92 Å². The summed E-state index contributed by atoms with van der Waals surface area (Å²) in [5.74, 6) is 5.23. The third-order valence-electron chi connectivity index (χ3n) is 6.45. The number of ether oxygens (including phenoxy) is 3. The van der Waals surface area contributed by atoms with Crippen molar-refractivity contribution in [1.82, 2.24) is 0 Å². The molecule has 8 atom stereocenters. The summed E-state index contributed by atoms with van der Waals surface area (Å²) in [7, 11) is 0. The summed E-state index contributed by atoms with van der Waals surface area (Å²) in [5, 5.41) is 9.29. The maximum atomic E-state index is 9.29. The molecule has 126 valence electrons. The first-order chi connectivity index (χ1) is 10.7. The SMILES string of the molecule is CC(O)COCC1CC2C3CC(COCC4CO4)C(C3)C2C1. The van der Waals surface area contributed by atoms with Crippen LogP contribution < -0.4 is 0 Å². The number of rotatable bonds is 8. The monoisotopic (exact) mass is 310 g/mol. The summed E-state index contributed by atoms with van der Waals surface area (Å²) in [6, 6.07) is 0. The Kier molecular flexibility index (Phi) is 4.46. The maximum Gasteiger partial charge on any atom is 0.104 e. The molecule has 22 heavy (non-hydrogen) atoms. The molecular weight excluding hydrogens is 280 g/mol. The zero-order valence-electron chi connectivity index (χ0n) is 13.7. The minimum Gasteiger partial charge on any atom is -0.391 e. The lowest BCUT2D eigenvalue weighted by atomic mass is 9.76. The third kappa shape index (κ3) is 3.21. The van der Waals surface area contributed by atoms with Crippen LogP contribution in [0, 0.1) is 35.5 Å². The van der Waals surface area contributed by atoms with Crippen LogP contribution in [-0.2, 0) is 14.2 Å². The van der Waals surface area contributed by atoms with E-state index in [0.29, 0.717) is 12.7 Å². The fourth-order valence-corrected chi connectivity index (χ4v) is 5.57. The van der Waals surface area contributed by atoms with Gasteiger partial charge in [-0.3, -0.25) is 0 Å². The highest BCUT2D eigenvalue weighted by Gasteiger charge is 2.55. The van der Waals surface area contributed by atoms with E-state index >= 15 is 0 Å². The van der Waals surface area contributed by atoms with E-state index in [-0.39, 0.29) is 6.10 Å². The summed E-state index contributed by atoms with van der Waals surface area (Å²) in [5.41, 5.74) is 0. The molecule has 1 N–H and O–H groups in total. The van der Waals surface area contributed by atoms with Crippen molar-refractivity contribution in [2.45, 2.75) is 44.8 Å². The van der Waals surface area contributed by atoms with Crippen molar-refractivity contribution in [2.75, 3.05) is 33.0 Å². The van der Waals surface area contributed by atoms with Gasteiger partial charge in [0, 0.05) is 13.2 Å². The Hall–Kier alpha value is -0.160. The van der Waals surface area contributed by atoms with E-state index in [9.17, 15) is 5.11 Å². The zero-order chi connectivity index (χ0) is 15.1. The first-order valence-corrected chi connectivity index (χ1v) is 9.16. The molecule has 0 amide bonds. The van der Waals surface area contributed by atoms with Crippen molar-refractivity contribution in [3.63, 3.8) is 0 Å². The van der Waals surface area contributed by atoms with Crippen molar-refractivity contribution in [2.24, 2.45) is 35.5 Å². The average molecular weight is 310 g/mol. The molecule has 8 unspecified atom stereocenters. The summed E-state index contributed by atoms with van der Waals surface area (Å²) in [6.45, 7) is 5.78. The standard InChI is InChI=1S/C18H30O4/c1-11(19)6-20-7-12-2-16-13-4-14(8-21-9-15-10-22-15)17(5-13)18(16)3-12/h11-19H,2-10H2,1H3. The molecule has 0 radical (unpaired) electrons. The van der Waals surface area contributed by atoms with Crippen molar-refractivity contribution in [3.8, 4) is 0 Å². The molecule has 3 aliphatic carbocycles. The van der Waals surface area contributed by atoms with Crippen LogP contribution in [0.15, 0.2) is 0 Å². The van der Waals surface area contributed by atoms with Crippen LogP contribution >= 0.6 is 0 Å². The Morgan fingerprint density at radius 2 is 1.82 bits per heavy atom. The van der Waals surface area contributed by atoms with Crippen molar-refractivity contribution in [1.29, 1.82) is 0 Å². The minimum atomic E-state index is -0.339. The van der Waals surface area contributed by atoms with Gasteiger partial charge in [-0.05, 0) is 68.1 Å². The average Bonchev–Trinajstić information content (AvgIpc) is 2.93. The zero-order valence-corrected chi connectivity index (χ0v) is 13.7. The van der Waals surface area contributed by atoms with Gasteiger partial charge >= 0.3 is 0 Å². The van der Waals surface area contributed by atoms with Crippen molar-refractivity contribution in [3.05, 3.63) is 0 Å².